The molecule has 1 nitrogen and oxygen atoms in total. The van der Waals surface area contributed by atoms with Crippen molar-refractivity contribution >= 4 is 9.24 Å². The summed E-state index contributed by atoms with van der Waals surface area (Å²) < 4.78 is 22.3. The van der Waals surface area contributed by atoms with Gasteiger partial charge in [0.15, 0.2) is 0 Å². The van der Waals surface area contributed by atoms with Crippen molar-refractivity contribution < 1.29 is 13.9 Å². The van der Waals surface area contributed by atoms with Gasteiger partial charge >= 0.3 is 0 Å². The summed E-state index contributed by atoms with van der Waals surface area (Å²) in [5.74, 6) is 0. The van der Waals surface area contributed by atoms with Gasteiger partial charge in [0.05, 0.1) is 0 Å². The highest BCUT2D eigenvalue weighted by Crippen LogP contribution is 2.19. The standard InChI is InChI=1S/C2H5F2OP/c3-2(4,6)1-5/h5H,1,6H2. The summed E-state index contributed by atoms with van der Waals surface area (Å²) >= 11 is 0. The first-order valence-corrected chi connectivity index (χ1v) is 1.91. The highest BCUT2D eigenvalue weighted by atomic mass is 31.0. The van der Waals surface area contributed by atoms with Gasteiger partial charge in [0, 0.05) is 0 Å². The minimum absolute atomic E-state index is 1.10. The van der Waals surface area contributed by atoms with Crippen molar-refractivity contribution in [1.82, 2.24) is 0 Å². The molecular weight excluding hydrogens is 109 g/mol. The molecule has 0 saturated carbocycles. The lowest BCUT2D eigenvalue weighted by Crippen LogP contribution is -2.09. The lowest BCUT2D eigenvalue weighted by atomic mass is 10.8. The van der Waals surface area contributed by atoms with E-state index in [1.54, 1.807) is 0 Å². The number of halogens is 2. The molecule has 4 heteroatoms. The van der Waals surface area contributed by atoms with Gasteiger partial charge in [0.1, 0.15) is 6.61 Å². The molecule has 0 spiro atoms. The molecule has 0 aromatic carbocycles. The van der Waals surface area contributed by atoms with Gasteiger partial charge in [-0.3, -0.25) is 0 Å². The zero-order chi connectivity index (χ0) is 5.21. The van der Waals surface area contributed by atoms with Crippen LogP contribution in [-0.4, -0.2) is 17.4 Å². The molecule has 0 heterocycles. The van der Waals surface area contributed by atoms with Crippen LogP contribution in [0.4, 0.5) is 8.78 Å². The Morgan fingerprint density at radius 1 is 1.67 bits per heavy atom. The molecule has 0 aromatic rings. The van der Waals surface area contributed by atoms with Crippen LogP contribution in [0.1, 0.15) is 0 Å². The summed E-state index contributed by atoms with van der Waals surface area (Å²) in [5.41, 5.74) is -2.99. The van der Waals surface area contributed by atoms with Crippen molar-refractivity contribution in [2.45, 2.75) is 5.66 Å². The van der Waals surface area contributed by atoms with E-state index in [1.165, 1.54) is 9.24 Å². The second-order valence-corrected chi connectivity index (χ2v) is 1.76. The zero-order valence-electron chi connectivity index (χ0n) is 2.99. The molecule has 0 aromatic heterocycles. The maximum atomic E-state index is 11.2. The van der Waals surface area contributed by atoms with E-state index < -0.39 is 12.3 Å². The first kappa shape index (κ1) is 6.25. The van der Waals surface area contributed by atoms with E-state index in [9.17, 15) is 8.78 Å². The normalized spacial score (nSPS) is 12.0. The van der Waals surface area contributed by atoms with Crippen molar-refractivity contribution in [3.63, 3.8) is 0 Å². The molecular formula is C2H5F2OP. The average molecular weight is 114 g/mol. The van der Waals surface area contributed by atoms with Crippen molar-refractivity contribution in [2.24, 2.45) is 0 Å². The molecule has 0 aliphatic heterocycles. The van der Waals surface area contributed by atoms with E-state index in [1.807, 2.05) is 0 Å². The van der Waals surface area contributed by atoms with Crippen LogP contribution in [0.5, 0.6) is 0 Å². The first-order valence-electron chi connectivity index (χ1n) is 1.34. The van der Waals surface area contributed by atoms with Crippen molar-refractivity contribution in [3.8, 4) is 0 Å². The molecule has 1 atom stereocenters. The molecule has 0 amide bonds. The summed E-state index contributed by atoms with van der Waals surface area (Å²) in [4.78, 5) is 0. The Morgan fingerprint density at radius 2 is 1.83 bits per heavy atom. The lowest BCUT2D eigenvalue weighted by Gasteiger charge is -2.01. The predicted octanol–water partition coefficient (Wildman–Crippen LogP) is 0.447. The van der Waals surface area contributed by atoms with Gasteiger partial charge in [-0.1, -0.05) is 9.24 Å². The summed E-state index contributed by atoms with van der Waals surface area (Å²) in [5, 5.41) is 7.63. The second-order valence-electron chi connectivity index (χ2n) is 0.919. The molecule has 0 saturated heterocycles. The SMILES string of the molecule is OCC(F)(F)P. The third-order valence-corrected chi connectivity index (χ3v) is 0.393. The molecule has 38 valence electrons. The summed E-state index contributed by atoms with van der Waals surface area (Å²) in [6.07, 6.45) is 0. The van der Waals surface area contributed by atoms with Gasteiger partial charge in [-0.15, -0.1) is 0 Å². The summed E-state index contributed by atoms with van der Waals surface area (Å²) in [6.45, 7) is -1.10. The predicted molar refractivity (Wildman–Crippen MR) is 21.7 cm³/mol. The van der Waals surface area contributed by atoms with Crippen LogP contribution in [0.2, 0.25) is 0 Å². The van der Waals surface area contributed by atoms with Crippen LogP contribution in [0.15, 0.2) is 0 Å². The fraction of sp³-hybridized carbons (Fsp3) is 1.00. The highest BCUT2D eigenvalue weighted by Gasteiger charge is 2.17. The van der Waals surface area contributed by atoms with Gasteiger partial charge in [-0.05, 0) is 0 Å². The Kier molecular flexibility index (Phi) is 1.88. The van der Waals surface area contributed by atoms with E-state index in [2.05, 4.69) is 0 Å². The highest BCUT2D eigenvalue weighted by molar-refractivity contribution is 7.18. The maximum absolute atomic E-state index is 11.2. The lowest BCUT2D eigenvalue weighted by molar-refractivity contribution is 0.0351. The number of alkyl halides is 2. The molecule has 1 unspecified atom stereocenters. The van der Waals surface area contributed by atoms with E-state index in [0.29, 0.717) is 0 Å². The summed E-state index contributed by atoms with van der Waals surface area (Å²) in [7, 11) is 1.21. The van der Waals surface area contributed by atoms with Crippen LogP contribution in [0.3, 0.4) is 0 Å². The van der Waals surface area contributed by atoms with Crippen molar-refractivity contribution in [1.29, 1.82) is 0 Å². The first-order chi connectivity index (χ1) is 2.56. The quantitative estimate of drug-likeness (QED) is 0.490. The van der Waals surface area contributed by atoms with Crippen LogP contribution in [0.25, 0.3) is 0 Å². The minimum atomic E-state index is -2.99. The Labute approximate surface area is 36.6 Å². The second kappa shape index (κ2) is 1.80. The van der Waals surface area contributed by atoms with E-state index in [4.69, 9.17) is 5.11 Å². The van der Waals surface area contributed by atoms with E-state index in [0.717, 1.165) is 0 Å². The van der Waals surface area contributed by atoms with Gasteiger partial charge < -0.3 is 5.11 Å². The topological polar surface area (TPSA) is 20.2 Å². The Balaban J connectivity index is 3.17. The zero-order valence-corrected chi connectivity index (χ0v) is 4.14. The molecule has 0 aliphatic rings. The van der Waals surface area contributed by atoms with Crippen LogP contribution >= 0.6 is 9.24 Å². The average Bonchev–Trinajstić information content (AvgIpc) is 1.35. The molecule has 0 radical (unpaired) electrons. The minimum Gasteiger partial charge on any atom is -0.390 e. The van der Waals surface area contributed by atoms with Crippen molar-refractivity contribution in [2.75, 3.05) is 6.61 Å². The third-order valence-electron chi connectivity index (χ3n) is 0.211. The molecule has 0 rings (SSSR count). The summed E-state index contributed by atoms with van der Waals surface area (Å²) in [6, 6.07) is 0. The largest absolute Gasteiger partial charge is 0.390 e. The maximum Gasteiger partial charge on any atom is 0.281 e. The Morgan fingerprint density at radius 3 is 1.83 bits per heavy atom. The molecule has 1 N–H and O–H groups in total. The van der Waals surface area contributed by atoms with E-state index in [-0.39, 0.29) is 0 Å². The Hall–Kier alpha value is 0.250. The Bertz CT molecular complexity index is 41.3. The van der Waals surface area contributed by atoms with E-state index >= 15 is 0 Å². The molecule has 0 aliphatic carbocycles. The number of hydrogen-bond acceptors (Lipinski definition) is 1. The van der Waals surface area contributed by atoms with Crippen molar-refractivity contribution in [3.05, 3.63) is 0 Å². The fourth-order valence-corrected chi connectivity index (χ4v) is 0. The van der Waals surface area contributed by atoms with Gasteiger partial charge in [0.2, 0.25) is 0 Å². The third kappa shape index (κ3) is 4.25. The van der Waals surface area contributed by atoms with Crippen LogP contribution in [-0.2, 0) is 0 Å². The molecule has 0 fully saturated rings. The van der Waals surface area contributed by atoms with Gasteiger partial charge in [-0.25, -0.2) is 0 Å². The number of aliphatic hydroxyl groups excluding tert-OH is 1. The van der Waals surface area contributed by atoms with Gasteiger partial charge in [0.25, 0.3) is 5.66 Å². The number of aliphatic hydroxyl groups is 1. The number of rotatable bonds is 1. The number of hydrogen-bond donors (Lipinski definition) is 1. The smallest absolute Gasteiger partial charge is 0.281 e. The van der Waals surface area contributed by atoms with Gasteiger partial charge in [-0.2, -0.15) is 8.78 Å². The monoisotopic (exact) mass is 114 g/mol. The molecule has 0 bridgehead atoms. The van der Waals surface area contributed by atoms with Crippen LogP contribution in [0, 0.1) is 0 Å². The van der Waals surface area contributed by atoms with Crippen LogP contribution < -0.4 is 0 Å². The molecule has 6 heavy (non-hydrogen) atoms. The fourth-order valence-electron chi connectivity index (χ4n) is 0.